The summed E-state index contributed by atoms with van der Waals surface area (Å²) in [7, 11) is 2.03. The molecule has 1 aliphatic heterocycles. The molecule has 23 heavy (non-hydrogen) atoms. The molecule has 2 aromatic carbocycles. The second kappa shape index (κ2) is 7.44. The van der Waals surface area contributed by atoms with E-state index in [1.165, 1.54) is 5.56 Å². The van der Waals surface area contributed by atoms with Crippen LogP contribution in [0.4, 0.5) is 0 Å². The smallest absolute Gasteiger partial charge is 0.126 e. The molecule has 120 valence electrons. The summed E-state index contributed by atoms with van der Waals surface area (Å²) in [5.74, 6) is 0.884. The molecule has 2 atom stereocenters. The van der Waals surface area contributed by atoms with Crippen molar-refractivity contribution in [3.63, 3.8) is 0 Å². The number of hydrogen-bond acceptors (Lipinski definition) is 3. The number of hydrogen-bond donors (Lipinski definition) is 1. The van der Waals surface area contributed by atoms with Crippen LogP contribution >= 0.6 is 0 Å². The average Bonchev–Trinajstić information content (AvgIpc) is 2.90. The van der Waals surface area contributed by atoms with E-state index in [1.807, 2.05) is 43.4 Å². The van der Waals surface area contributed by atoms with Crippen molar-refractivity contribution in [2.45, 2.75) is 18.6 Å². The maximum absolute atomic E-state index is 9.72. The summed E-state index contributed by atoms with van der Waals surface area (Å²) < 4.78 is 6.02. The molecular weight excluding hydrogens is 286 g/mol. The Morgan fingerprint density at radius 2 is 1.83 bits per heavy atom. The fourth-order valence-corrected chi connectivity index (χ4v) is 2.93. The molecule has 3 nitrogen and oxygen atoms in total. The van der Waals surface area contributed by atoms with Gasteiger partial charge in [-0.25, -0.2) is 0 Å². The molecule has 3 heteroatoms. The lowest BCUT2D eigenvalue weighted by Gasteiger charge is -2.20. The molecule has 0 aromatic heterocycles. The van der Waals surface area contributed by atoms with Crippen LogP contribution in [0.15, 0.2) is 54.6 Å². The van der Waals surface area contributed by atoms with E-state index >= 15 is 0 Å². The van der Waals surface area contributed by atoms with Crippen molar-refractivity contribution < 1.29 is 9.84 Å². The van der Waals surface area contributed by atoms with Crippen LogP contribution in [0.3, 0.4) is 0 Å². The molecule has 1 fully saturated rings. The Balaban J connectivity index is 1.67. The molecular formula is C20H23NO2. The van der Waals surface area contributed by atoms with Gasteiger partial charge in [0.05, 0.1) is 6.10 Å². The van der Waals surface area contributed by atoms with Crippen LogP contribution in [0.25, 0.3) is 12.2 Å². The molecule has 2 aromatic rings. The van der Waals surface area contributed by atoms with Gasteiger partial charge in [0.25, 0.3) is 0 Å². The Hall–Kier alpha value is -2.10. The highest BCUT2D eigenvalue weighted by molar-refractivity contribution is 5.72. The Morgan fingerprint density at radius 1 is 1.09 bits per heavy atom. The zero-order valence-electron chi connectivity index (χ0n) is 13.4. The van der Waals surface area contributed by atoms with E-state index in [0.29, 0.717) is 6.61 Å². The normalized spacial score (nSPS) is 21.8. The topological polar surface area (TPSA) is 32.7 Å². The molecule has 0 radical (unpaired) electrons. The van der Waals surface area contributed by atoms with Gasteiger partial charge in [-0.15, -0.1) is 0 Å². The van der Waals surface area contributed by atoms with Gasteiger partial charge >= 0.3 is 0 Å². The number of aliphatic hydroxyl groups is 1. The van der Waals surface area contributed by atoms with Crippen LogP contribution < -0.4 is 4.74 Å². The highest BCUT2D eigenvalue weighted by Crippen LogP contribution is 2.23. The molecule has 3 rings (SSSR count). The van der Waals surface area contributed by atoms with E-state index in [-0.39, 0.29) is 12.1 Å². The SMILES string of the molecule is CN1C[C@H](O)CC1COc1ccccc1C=Cc1ccccc1. The quantitative estimate of drug-likeness (QED) is 0.860. The zero-order chi connectivity index (χ0) is 16.1. The number of likely N-dealkylation sites (tertiary alicyclic amines) is 1. The zero-order valence-corrected chi connectivity index (χ0v) is 13.4. The van der Waals surface area contributed by atoms with Gasteiger partial charge in [-0.1, -0.05) is 60.7 Å². The van der Waals surface area contributed by atoms with E-state index in [2.05, 4.69) is 35.3 Å². The van der Waals surface area contributed by atoms with Crippen LogP contribution in [0.5, 0.6) is 5.75 Å². The fourth-order valence-electron chi connectivity index (χ4n) is 2.93. The van der Waals surface area contributed by atoms with Gasteiger partial charge in [-0.3, -0.25) is 4.90 Å². The molecule has 0 bridgehead atoms. The molecule has 1 aliphatic rings. The van der Waals surface area contributed by atoms with E-state index < -0.39 is 0 Å². The summed E-state index contributed by atoms with van der Waals surface area (Å²) in [5.41, 5.74) is 2.23. The minimum absolute atomic E-state index is 0.234. The maximum atomic E-state index is 9.72. The summed E-state index contributed by atoms with van der Waals surface area (Å²) in [6.45, 7) is 1.33. The third-order valence-electron chi connectivity index (χ3n) is 4.27. The molecule has 1 N–H and O–H groups in total. The van der Waals surface area contributed by atoms with E-state index in [9.17, 15) is 5.11 Å². The first kappa shape index (κ1) is 15.8. The lowest BCUT2D eigenvalue weighted by Crippen LogP contribution is -2.30. The number of aliphatic hydroxyl groups excluding tert-OH is 1. The molecule has 1 unspecified atom stereocenters. The summed E-state index contributed by atoms with van der Waals surface area (Å²) in [6.07, 6.45) is 4.71. The van der Waals surface area contributed by atoms with E-state index in [4.69, 9.17) is 4.74 Å². The van der Waals surface area contributed by atoms with Gasteiger partial charge in [0.1, 0.15) is 12.4 Å². The summed E-state index contributed by atoms with van der Waals surface area (Å²) >= 11 is 0. The number of ether oxygens (including phenoxy) is 1. The highest BCUT2D eigenvalue weighted by atomic mass is 16.5. The van der Waals surface area contributed by atoms with Crippen LogP contribution in [0.1, 0.15) is 17.5 Å². The second-order valence-electron chi connectivity index (χ2n) is 6.08. The standard InChI is InChI=1S/C20H23NO2/c1-21-14-19(22)13-18(21)15-23-20-10-6-5-9-17(20)12-11-16-7-3-2-4-8-16/h2-12,18-19,22H,13-15H2,1H3/t18?,19-/m1/s1. The lowest BCUT2D eigenvalue weighted by atomic mass is 10.1. The largest absolute Gasteiger partial charge is 0.491 e. The van der Waals surface area contributed by atoms with Gasteiger partial charge in [-0.05, 0) is 25.1 Å². The predicted octanol–water partition coefficient (Wildman–Crippen LogP) is 3.30. The van der Waals surface area contributed by atoms with Crippen molar-refractivity contribution in [1.82, 2.24) is 4.90 Å². The van der Waals surface area contributed by atoms with Crippen molar-refractivity contribution in [3.05, 3.63) is 65.7 Å². The van der Waals surface area contributed by atoms with Crippen LogP contribution in [0.2, 0.25) is 0 Å². The van der Waals surface area contributed by atoms with Crippen molar-refractivity contribution in [2.24, 2.45) is 0 Å². The number of nitrogens with zero attached hydrogens (tertiary/aromatic N) is 1. The molecule has 0 saturated carbocycles. The van der Waals surface area contributed by atoms with Crippen molar-refractivity contribution >= 4 is 12.2 Å². The van der Waals surface area contributed by atoms with E-state index in [1.54, 1.807) is 0 Å². The minimum atomic E-state index is -0.234. The minimum Gasteiger partial charge on any atom is -0.491 e. The molecule has 0 spiro atoms. The van der Waals surface area contributed by atoms with Gasteiger partial charge in [0, 0.05) is 18.2 Å². The van der Waals surface area contributed by atoms with Gasteiger partial charge in [-0.2, -0.15) is 0 Å². The van der Waals surface area contributed by atoms with E-state index in [0.717, 1.165) is 24.3 Å². The van der Waals surface area contributed by atoms with Crippen LogP contribution in [-0.4, -0.2) is 42.4 Å². The Morgan fingerprint density at radius 3 is 2.57 bits per heavy atom. The summed E-state index contributed by atoms with van der Waals surface area (Å²) in [6, 6.07) is 18.6. The third-order valence-corrected chi connectivity index (χ3v) is 4.27. The Labute approximate surface area is 137 Å². The van der Waals surface area contributed by atoms with Crippen molar-refractivity contribution in [3.8, 4) is 5.75 Å². The van der Waals surface area contributed by atoms with Crippen molar-refractivity contribution in [2.75, 3.05) is 20.2 Å². The molecule has 1 saturated heterocycles. The van der Waals surface area contributed by atoms with Crippen LogP contribution in [0, 0.1) is 0 Å². The number of likely N-dealkylation sites (N-methyl/N-ethyl adjacent to an activating group) is 1. The van der Waals surface area contributed by atoms with Gasteiger partial charge in [0.15, 0.2) is 0 Å². The molecule has 1 heterocycles. The lowest BCUT2D eigenvalue weighted by molar-refractivity contribution is 0.182. The highest BCUT2D eigenvalue weighted by Gasteiger charge is 2.28. The van der Waals surface area contributed by atoms with Crippen LogP contribution in [-0.2, 0) is 0 Å². The Bertz CT molecular complexity index is 654. The number of benzene rings is 2. The molecule has 0 aliphatic carbocycles. The summed E-state index contributed by atoms with van der Waals surface area (Å²) in [5, 5.41) is 9.72. The first-order chi connectivity index (χ1) is 11.2. The first-order valence-electron chi connectivity index (χ1n) is 8.05. The third kappa shape index (κ3) is 4.21. The van der Waals surface area contributed by atoms with Gasteiger partial charge in [0.2, 0.25) is 0 Å². The Kier molecular flexibility index (Phi) is 5.11. The number of para-hydroxylation sites is 1. The number of β-amino-alcohol motifs (C(OH)–C–C–N with tert-alkyl or cyclic N) is 1. The summed E-state index contributed by atoms with van der Waals surface area (Å²) in [4.78, 5) is 2.16. The predicted molar refractivity (Wildman–Crippen MR) is 94.3 cm³/mol. The van der Waals surface area contributed by atoms with Crippen molar-refractivity contribution in [1.29, 1.82) is 0 Å². The second-order valence-corrected chi connectivity index (χ2v) is 6.08. The number of rotatable bonds is 5. The maximum Gasteiger partial charge on any atom is 0.126 e. The fraction of sp³-hybridized carbons (Fsp3) is 0.300. The van der Waals surface area contributed by atoms with Gasteiger partial charge < -0.3 is 9.84 Å². The first-order valence-corrected chi connectivity index (χ1v) is 8.05. The average molecular weight is 309 g/mol. The monoisotopic (exact) mass is 309 g/mol. The molecule has 0 amide bonds.